The number of ether oxygens (including phenoxy) is 1. The zero-order valence-electron chi connectivity index (χ0n) is 14.3. The molecule has 0 bridgehead atoms. The molecular weight excluding hydrogens is 302 g/mol. The Morgan fingerprint density at radius 3 is 2.33 bits per heavy atom. The Hall–Kier alpha value is -2.82. The Balaban J connectivity index is 1.89. The smallest absolute Gasteiger partial charge is 0.337 e. The topological polar surface area (TPSA) is 76.7 Å². The first kappa shape index (κ1) is 17.5. The van der Waals surface area contributed by atoms with E-state index in [9.17, 15) is 4.79 Å². The molecule has 0 saturated carbocycles. The predicted molar refractivity (Wildman–Crippen MR) is 97.5 cm³/mol. The van der Waals surface area contributed by atoms with Gasteiger partial charge in [-0.2, -0.15) is 0 Å². The van der Waals surface area contributed by atoms with Crippen molar-refractivity contribution in [2.45, 2.75) is 20.3 Å². The van der Waals surface area contributed by atoms with E-state index in [0.717, 1.165) is 17.7 Å². The molecule has 0 aromatic heterocycles. The Kier molecular flexibility index (Phi) is 5.95. The van der Waals surface area contributed by atoms with Crippen molar-refractivity contribution in [3.63, 3.8) is 0 Å². The molecule has 0 aliphatic rings. The van der Waals surface area contributed by atoms with E-state index in [2.05, 4.69) is 21.1 Å². The molecule has 0 saturated heterocycles. The van der Waals surface area contributed by atoms with Crippen LogP contribution in [0.15, 0.2) is 47.5 Å². The SMILES string of the molecule is COC(=O)c1ccc(CCN=C(N)Nc2cc(C)cc(C)c2)cc1. The number of hydrogen-bond acceptors (Lipinski definition) is 3. The number of aryl methyl sites for hydroxylation is 2. The molecular formula is C19H23N3O2. The second kappa shape index (κ2) is 8.15. The summed E-state index contributed by atoms with van der Waals surface area (Å²) in [6, 6.07) is 13.5. The number of nitrogens with one attached hydrogen (secondary N) is 1. The first-order valence-electron chi connectivity index (χ1n) is 7.80. The Morgan fingerprint density at radius 1 is 1.12 bits per heavy atom. The van der Waals surface area contributed by atoms with Gasteiger partial charge in [-0.05, 0) is 61.2 Å². The van der Waals surface area contributed by atoms with Crippen LogP contribution in [0.1, 0.15) is 27.0 Å². The van der Waals surface area contributed by atoms with E-state index >= 15 is 0 Å². The van der Waals surface area contributed by atoms with E-state index in [0.29, 0.717) is 18.1 Å². The third kappa shape index (κ3) is 5.12. The number of nitrogens with zero attached hydrogens (tertiary/aromatic N) is 1. The summed E-state index contributed by atoms with van der Waals surface area (Å²) in [5.74, 6) is 0.0626. The Labute approximate surface area is 142 Å². The van der Waals surface area contributed by atoms with Crippen molar-refractivity contribution in [2.24, 2.45) is 10.7 Å². The lowest BCUT2D eigenvalue weighted by Gasteiger charge is -2.08. The molecule has 2 rings (SSSR count). The number of hydrogen-bond donors (Lipinski definition) is 2. The van der Waals surface area contributed by atoms with Crippen LogP contribution in [0, 0.1) is 13.8 Å². The van der Waals surface area contributed by atoms with Crippen molar-refractivity contribution in [3.8, 4) is 0 Å². The maximum absolute atomic E-state index is 11.4. The largest absolute Gasteiger partial charge is 0.465 e. The molecule has 0 heterocycles. The lowest BCUT2D eigenvalue weighted by molar-refractivity contribution is 0.0600. The maximum Gasteiger partial charge on any atom is 0.337 e. The third-order valence-corrected chi connectivity index (χ3v) is 3.55. The number of aliphatic imine (C=N–C) groups is 1. The number of rotatable bonds is 5. The van der Waals surface area contributed by atoms with Gasteiger partial charge in [0.15, 0.2) is 5.96 Å². The van der Waals surface area contributed by atoms with Crippen LogP contribution in [0.5, 0.6) is 0 Å². The van der Waals surface area contributed by atoms with Gasteiger partial charge in [0.05, 0.1) is 12.7 Å². The molecule has 0 fully saturated rings. The van der Waals surface area contributed by atoms with Crippen LogP contribution in [0.4, 0.5) is 5.69 Å². The van der Waals surface area contributed by atoms with E-state index < -0.39 is 0 Å². The minimum Gasteiger partial charge on any atom is -0.465 e. The highest BCUT2D eigenvalue weighted by atomic mass is 16.5. The van der Waals surface area contributed by atoms with Crippen LogP contribution in [0.25, 0.3) is 0 Å². The van der Waals surface area contributed by atoms with Crippen LogP contribution in [-0.2, 0) is 11.2 Å². The first-order valence-corrected chi connectivity index (χ1v) is 7.80. The average molecular weight is 325 g/mol. The second-order valence-electron chi connectivity index (χ2n) is 5.71. The monoisotopic (exact) mass is 325 g/mol. The predicted octanol–water partition coefficient (Wildman–Crippen LogP) is 3.06. The van der Waals surface area contributed by atoms with Crippen molar-refractivity contribution in [1.29, 1.82) is 0 Å². The standard InChI is InChI=1S/C19H23N3O2/c1-13-10-14(2)12-17(11-13)22-19(20)21-9-8-15-4-6-16(7-5-15)18(23)24-3/h4-7,10-12H,8-9H2,1-3H3,(H3,20,21,22). The zero-order chi connectivity index (χ0) is 17.5. The molecule has 0 atom stereocenters. The van der Waals surface area contributed by atoms with Crippen molar-refractivity contribution in [1.82, 2.24) is 0 Å². The first-order chi connectivity index (χ1) is 11.5. The van der Waals surface area contributed by atoms with E-state index in [-0.39, 0.29) is 5.97 Å². The highest BCUT2D eigenvalue weighted by Gasteiger charge is 2.04. The van der Waals surface area contributed by atoms with Crippen molar-refractivity contribution >= 4 is 17.6 Å². The molecule has 24 heavy (non-hydrogen) atoms. The fourth-order valence-corrected chi connectivity index (χ4v) is 2.47. The van der Waals surface area contributed by atoms with Crippen molar-refractivity contribution < 1.29 is 9.53 Å². The third-order valence-electron chi connectivity index (χ3n) is 3.55. The van der Waals surface area contributed by atoms with Gasteiger partial charge in [-0.1, -0.05) is 18.2 Å². The summed E-state index contributed by atoms with van der Waals surface area (Å²) >= 11 is 0. The molecule has 0 spiro atoms. The average Bonchev–Trinajstić information content (AvgIpc) is 2.53. The molecule has 0 aliphatic carbocycles. The number of esters is 1. The molecule has 0 amide bonds. The maximum atomic E-state index is 11.4. The molecule has 2 aromatic rings. The Morgan fingerprint density at radius 2 is 1.75 bits per heavy atom. The van der Waals surface area contributed by atoms with E-state index in [4.69, 9.17) is 5.73 Å². The zero-order valence-corrected chi connectivity index (χ0v) is 14.3. The summed E-state index contributed by atoms with van der Waals surface area (Å²) in [5, 5.41) is 3.11. The Bertz CT molecular complexity index is 717. The number of nitrogens with two attached hydrogens (primary N) is 1. The van der Waals surface area contributed by atoms with E-state index in [1.54, 1.807) is 12.1 Å². The molecule has 5 nitrogen and oxygen atoms in total. The summed E-state index contributed by atoms with van der Waals surface area (Å²) in [6.07, 6.45) is 0.747. The van der Waals surface area contributed by atoms with Gasteiger partial charge in [0, 0.05) is 12.2 Å². The summed E-state index contributed by atoms with van der Waals surface area (Å²) < 4.78 is 4.68. The molecule has 126 valence electrons. The van der Waals surface area contributed by atoms with E-state index in [1.807, 2.05) is 38.1 Å². The molecule has 0 radical (unpaired) electrons. The van der Waals surface area contributed by atoms with Gasteiger partial charge >= 0.3 is 5.97 Å². The van der Waals surface area contributed by atoms with Gasteiger partial charge < -0.3 is 15.8 Å². The van der Waals surface area contributed by atoms with Crippen molar-refractivity contribution in [3.05, 3.63) is 64.7 Å². The number of guanidine groups is 1. The van der Waals surface area contributed by atoms with Gasteiger partial charge in [0.1, 0.15) is 0 Å². The van der Waals surface area contributed by atoms with Crippen LogP contribution in [0.3, 0.4) is 0 Å². The fourth-order valence-electron chi connectivity index (χ4n) is 2.47. The minimum absolute atomic E-state index is 0.332. The summed E-state index contributed by atoms with van der Waals surface area (Å²) in [5.41, 5.74) is 10.9. The number of benzene rings is 2. The highest BCUT2D eigenvalue weighted by Crippen LogP contribution is 2.13. The molecule has 2 aromatic carbocycles. The van der Waals surface area contributed by atoms with Crippen LogP contribution >= 0.6 is 0 Å². The number of anilines is 1. The van der Waals surface area contributed by atoms with Gasteiger partial charge in [-0.3, -0.25) is 4.99 Å². The summed E-state index contributed by atoms with van der Waals surface area (Å²) in [6.45, 7) is 4.66. The lowest BCUT2D eigenvalue weighted by Crippen LogP contribution is -2.23. The molecule has 0 unspecified atom stereocenters. The molecule has 5 heteroatoms. The highest BCUT2D eigenvalue weighted by molar-refractivity contribution is 5.92. The van der Waals surface area contributed by atoms with Gasteiger partial charge in [-0.15, -0.1) is 0 Å². The summed E-state index contributed by atoms with van der Waals surface area (Å²) in [7, 11) is 1.37. The summed E-state index contributed by atoms with van der Waals surface area (Å²) in [4.78, 5) is 15.7. The van der Waals surface area contributed by atoms with E-state index in [1.165, 1.54) is 18.2 Å². The fraction of sp³-hybridized carbons (Fsp3) is 0.263. The second-order valence-corrected chi connectivity index (χ2v) is 5.71. The lowest BCUT2D eigenvalue weighted by atomic mass is 10.1. The molecule has 3 N–H and O–H groups in total. The van der Waals surface area contributed by atoms with Gasteiger partial charge in [0.2, 0.25) is 0 Å². The molecule has 0 aliphatic heterocycles. The van der Waals surface area contributed by atoms with Gasteiger partial charge in [0.25, 0.3) is 0 Å². The number of carbonyl (C=O) groups is 1. The van der Waals surface area contributed by atoms with Crippen molar-refractivity contribution in [2.75, 3.05) is 19.0 Å². The minimum atomic E-state index is -0.332. The van der Waals surface area contributed by atoms with Crippen LogP contribution in [-0.4, -0.2) is 25.6 Å². The van der Waals surface area contributed by atoms with Crippen LogP contribution < -0.4 is 11.1 Å². The number of carbonyl (C=O) groups excluding carboxylic acids is 1. The number of methoxy groups -OCH3 is 1. The quantitative estimate of drug-likeness (QED) is 0.503. The normalized spacial score (nSPS) is 11.2. The van der Waals surface area contributed by atoms with Gasteiger partial charge in [-0.25, -0.2) is 4.79 Å². The van der Waals surface area contributed by atoms with Crippen LogP contribution in [0.2, 0.25) is 0 Å².